The number of nitrogens with zero attached hydrogens (tertiary/aromatic N) is 2. The Kier molecular flexibility index (Phi) is 5.39. The first-order chi connectivity index (χ1) is 11.8. The number of halogens is 3. The molecule has 1 amide bonds. The van der Waals surface area contributed by atoms with Gasteiger partial charge >= 0.3 is 6.18 Å². The number of amides is 1. The first kappa shape index (κ1) is 18.0. The van der Waals surface area contributed by atoms with E-state index in [0.29, 0.717) is 5.82 Å². The maximum atomic E-state index is 12.9. The maximum absolute atomic E-state index is 12.9. The van der Waals surface area contributed by atoms with E-state index in [2.05, 4.69) is 15.6 Å². The number of benzene rings is 1. The van der Waals surface area contributed by atoms with Crippen molar-refractivity contribution in [1.82, 2.24) is 4.98 Å². The van der Waals surface area contributed by atoms with Crippen LogP contribution in [0.2, 0.25) is 0 Å². The van der Waals surface area contributed by atoms with Gasteiger partial charge in [-0.05, 0) is 30.7 Å². The lowest BCUT2D eigenvalue weighted by Crippen LogP contribution is -2.18. The number of aromatic nitrogens is 1. The predicted octanol–water partition coefficient (Wildman–Crippen LogP) is 3.87. The van der Waals surface area contributed by atoms with Crippen molar-refractivity contribution in [3.8, 4) is 6.07 Å². The van der Waals surface area contributed by atoms with Crippen LogP contribution >= 0.6 is 0 Å². The van der Waals surface area contributed by atoms with Crippen LogP contribution in [-0.4, -0.2) is 10.9 Å². The minimum absolute atomic E-state index is 0.387. The zero-order valence-corrected chi connectivity index (χ0v) is 13.1. The number of rotatable bonds is 4. The molecular formula is C17H13F3N4O. The molecule has 0 saturated carbocycles. The van der Waals surface area contributed by atoms with E-state index < -0.39 is 23.3 Å². The van der Waals surface area contributed by atoms with Gasteiger partial charge in [0.1, 0.15) is 17.5 Å². The molecule has 2 rings (SSSR count). The number of hydrogen-bond acceptors (Lipinski definition) is 4. The highest BCUT2D eigenvalue weighted by Crippen LogP contribution is 2.34. The number of pyridine rings is 1. The van der Waals surface area contributed by atoms with Gasteiger partial charge in [-0.15, -0.1) is 0 Å². The maximum Gasteiger partial charge on any atom is 0.418 e. The minimum Gasteiger partial charge on any atom is -0.345 e. The fourth-order valence-electron chi connectivity index (χ4n) is 1.95. The summed E-state index contributed by atoms with van der Waals surface area (Å²) in [7, 11) is 0. The number of alkyl halides is 3. The Labute approximate surface area is 141 Å². The third-order valence-corrected chi connectivity index (χ3v) is 3.21. The average Bonchev–Trinajstić information content (AvgIpc) is 2.56. The summed E-state index contributed by atoms with van der Waals surface area (Å²) in [4.78, 5) is 16.1. The summed E-state index contributed by atoms with van der Waals surface area (Å²) in [6, 6.07) is 9.67. The zero-order chi connectivity index (χ0) is 18.4. The van der Waals surface area contributed by atoms with Crippen molar-refractivity contribution in [3.05, 3.63) is 65.5 Å². The van der Waals surface area contributed by atoms with Crippen molar-refractivity contribution in [2.24, 2.45) is 0 Å². The standard InChI is InChI=1S/C17H13F3N4O/c1-11-5-4-8-22-15(11)23-10-12(9-21)16(25)24-14-7-3-2-6-13(14)17(18,19)20/h2-8,10H,1H3,(H,22,23)(H,24,25)/b12-10-. The van der Waals surface area contributed by atoms with Gasteiger partial charge in [0.2, 0.25) is 0 Å². The van der Waals surface area contributed by atoms with Gasteiger partial charge in [0.05, 0.1) is 11.3 Å². The Morgan fingerprint density at radius 1 is 1.24 bits per heavy atom. The van der Waals surface area contributed by atoms with Crippen LogP contribution in [0.1, 0.15) is 11.1 Å². The molecule has 0 aliphatic carbocycles. The van der Waals surface area contributed by atoms with Gasteiger partial charge in [0.15, 0.2) is 0 Å². The molecule has 5 nitrogen and oxygen atoms in total. The van der Waals surface area contributed by atoms with E-state index in [1.54, 1.807) is 25.1 Å². The average molecular weight is 346 g/mol. The molecule has 128 valence electrons. The van der Waals surface area contributed by atoms with E-state index in [9.17, 15) is 18.0 Å². The largest absolute Gasteiger partial charge is 0.418 e. The lowest BCUT2D eigenvalue weighted by atomic mass is 10.1. The molecule has 2 aromatic rings. The normalized spacial score (nSPS) is 11.6. The summed E-state index contributed by atoms with van der Waals surface area (Å²) in [5.74, 6) is -0.529. The third kappa shape index (κ3) is 4.57. The van der Waals surface area contributed by atoms with Crippen molar-refractivity contribution in [2.45, 2.75) is 13.1 Å². The molecule has 0 radical (unpaired) electrons. The van der Waals surface area contributed by atoms with Gasteiger partial charge in [0.25, 0.3) is 5.91 Å². The molecule has 1 aromatic heterocycles. The first-order valence-corrected chi connectivity index (χ1v) is 7.09. The van der Waals surface area contributed by atoms with Crippen molar-refractivity contribution < 1.29 is 18.0 Å². The third-order valence-electron chi connectivity index (χ3n) is 3.21. The summed E-state index contributed by atoms with van der Waals surface area (Å²) < 4.78 is 38.8. The quantitative estimate of drug-likeness (QED) is 0.651. The number of para-hydroxylation sites is 1. The van der Waals surface area contributed by atoms with Crippen molar-refractivity contribution in [3.63, 3.8) is 0 Å². The summed E-state index contributed by atoms with van der Waals surface area (Å²) in [6.45, 7) is 1.77. The fourth-order valence-corrected chi connectivity index (χ4v) is 1.95. The number of carbonyl (C=O) groups is 1. The number of anilines is 2. The van der Waals surface area contributed by atoms with Crippen LogP contribution in [0.5, 0.6) is 0 Å². The van der Waals surface area contributed by atoms with Crippen molar-refractivity contribution in [2.75, 3.05) is 10.6 Å². The van der Waals surface area contributed by atoms with Crippen LogP contribution in [0.15, 0.2) is 54.4 Å². The molecule has 1 aromatic carbocycles. The first-order valence-electron chi connectivity index (χ1n) is 7.09. The van der Waals surface area contributed by atoms with Crippen LogP contribution < -0.4 is 10.6 Å². The lowest BCUT2D eigenvalue weighted by molar-refractivity contribution is -0.137. The number of nitriles is 1. The van der Waals surface area contributed by atoms with Crippen LogP contribution in [0.4, 0.5) is 24.7 Å². The summed E-state index contributed by atoms with van der Waals surface area (Å²) in [5, 5.41) is 13.9. The van der Waals surface area contributed by atoms with Crippen molar-refractivity contribution >= 4 is 17.4 Å². The molecule has 0 aliphatic rings. The predicted molar refractivity (Wildman–Crippen MR) is 86.4 cm³/mol. The highest BCUT2D eigenvalue weighted by molar-refractivity contribution is 6.07. The monoisotopic (exact) mass is 346 g/mol. The number of hydrogen-bond donors (Lipinski definition) is 2. The highest BCUT2D eigenvalue weighted by Gasteiger charge is 2.33. The Hall–Kier alpha value is -3.34. The van der Waals surface area contributed by atoms with E-state index >= 15 is 0 Å². The molecule has 0 bridgehead atoms. The second-order valence-electron chi connectivity index (χ2n) is 4.98. The number of aryl methyl sites for hydroxylation is 1. The van der Waals surface area contributed by atoms with Gasteiger partial charge in [-0.2, -0.15) is 18.4 Å². The second-order valence-corrected chi connectivity index (χ2v) is 4.98. The SMILES string of the molecule is Cc1cccnc1N/C=C(/C#N)C(=O)Nc1ccccc1C(F)(F)F. The Bertz CT molecular complexity index is 853. The minimum atomic E-state index is -4.62. The highest BCUT2D eigenvalue weighted by atomic mass is 19.4. The number of nitrogens with one attached hydrogen (secondary N) is 2. The van der Waals surface area contributed by atoms with Crippen LogP contribution in [-0.2, 0) is 11.0 Å². The summed E-state index contributed by atoms with van der Waals surface area (Å²) in [6.07, 6.45) is -2.00. The van der Waals surface area contributed by atoms with Crippen LogP contribution in [0.3, 0.4) is 0 Å². The van der Waals surface area contributed by atoms with Gasteiger partial charge in [0, 0.05) is 12.4 Å². The Morgan fingerprint density at radius 2 is 1.96 bits per heavy atom. The van der Waals surface area contributed by atoms with Gasteiger partial charge in [-0.1, -0.05) is 18.2 Å². The molecular weight excluding hydrogens is 333 g/mol. The molecule has 2 N–H and O–H groups in total. The Morgan fingerprint density at radius 3 is 2.60 bits per heavy atom. The molecule has 0 aliphatic heterocycles. The summed E-state index contributed by atoms with van der Waals surface area (Å²) in [5.41, 5.74) is -1.02. The molecule has 0 spiro atoms. The van der Waals surface area contributed by atoms with E-state index in [-0.39, 0.29) is 5.57 Å². The van der Waals surface area contributed by atoms with Crippen molar-refractivity contribution in [1.29, 1.82) is 5.26 Å². The molecule has 0 saturated heterocycles. The molecule has 25 heavy (non-hydrogen) atoms. The summed E-state index contributed by atoms with van der Waals surface area (Å²) >= 11 is 0. The van der Waals surface area contributed by atoms with Gasteiger partial charge < -0.3 is 10.6 Å². The molecule has 0 unspecified atom stereocenters. The van der Waals surface area contributed by atoms with E-state index in [1.165, 1.54) is 18.3 Å². The molecule has 0 atom stereocenters. The number of carbonyl (C=O) groups excluding carboxylic acids is 1. The van der Waals surface area contributed by atoms with E-state index in [0.717, 1.165) is 23.9 Å². The van der Waals surface area contributed by atoms with Crippen LogP contribution in [0.25, 0.3) is 0 Å². The lowest BCUT2D eigenvalue weighted by Gasteiger charge is -2.13. The van der Waals surface area contributed by atoms with E-state index in [4.69, 9.17) is 5.26 Å². The smallest absolute Gasteiger partial charge is 0.345 e. The van der Waals surface area contributed by atoms with Gasteiger partial charge in [-0.25, -0.2) is 4.98 Å². The van der Waals surface area contributed by atoms with Crippen LogP contribution in [0, 0.1) is 18.3 Å². The van der Waals surface area contributed by atoms with Gasteiger partial charge in [-0.3, -0.25) is 4.79 Å². The fraction of sp³-hybridized carbons (Fsp3) is 0.118. The molecule has 0 fully saturated rings. The second kappa shape index (κ2) is 7.49. The topological polar surface area (TPSA) is 77.8 Å². The molecule has 8 heteroatoms. The molecule has 1 heterocycles. The zero-order valence-electron chi connectivity index (χ0n) is 13.1. The Balaban J connectivity index is 2.21. The van der Waals surface area contributed by atoms with E-state index in [1.807, 2.05) is 0 Å².